The predicted octanol–water partition coefficient (Wildman–Crippen LogP) is 1.44. The van der Waals surface area contributed by atoms with Crippen molar-refractivity contribution >= 4 is 23.6 Å². The predicted molar refractivity (Wildman–Crippen MR) is 78.6 cm³/mol. The largest absolute Gasteiger partial charge is 0.295 e. The molecular formula is C15H18N2O2S. The molecular weight excluding hydrogens is 272 g/mol. The smallest absolute Gasteiger partial charge is 0.248 e. The number of piperazine rings is 1. The Kier molecular flexibility index (Phi) is 3.34. The Morgan fingerprint density at radius 1 is 1.35 bits per heavy atom. The van der Waals surface area contributed by atoms with Crippen LogP contribution in [0.1, 0.15) is 19.4 Å². The number of nitrogens with zero attached hydrogens (tertiary/aromatic N) is 1. The minimum absolute atomic E-state index is 0.120. The van der Waals surface area contributed by atoms with E-state index in [0.29, 0.717) is 6.54 Å². The van der Waals surface area contributed by atoms with Gasteiger partial charge in [-0.3, -0.25) is 19.8 Å². The van der Waals surface area contributed by atoms with Gasteiger partial charge in [0.05, 0.1) is 12.1 Å². The van der Waals surface area contributed by atoms with Crippen LogP contribution in [-0.4, -0.2) is 40.6 Å². The van der Waals surface area contributed by atoms with E-state index in [1.54, 1.807) is 11.8 Å². The van der Waals surface area contributed by atoms with Crippen LogP contribution in [0.5, 0.6) is 0 Å². The summed E-state index contributed by atoms with van der Waals surface area (Å²) in [7, 11) is 0. The molecule has 3 rings (SSSR count). The fourth-order valence-electron chi connectivity index (χ4n) is 2.66. The zero-order valence-corrected chi connectivity index (χ0v) is 12.5. The van der Waals surface area contributed by atoms with Crippen LogP contribution >= 0.6 is 11.8 Å². The first-order valence-corrected chi connectivity index (χ1v) is 7.70. The Bertz CT molecular complexity index is 546. The lowest BCUT2D eigenvalue weighted by Gasteiger charge is -2.37. The highest BCUT2D eigenvalue weighted by Crippen LogP contribution is 2.37. The van der Waals surface area contributed by atoms with E-state index in [9.17, 15) is 9.59 Å². The molecule has 1 aromatic rings. The summed E-state index contributed by atoms with van der Waals surface area (Å²) in [4.78, 5) is 27.0. The molecule has 2 heterocycles. The van der Waals surface area contributed by atoms with E-state index in [1.165, 1.54) is 15.4 Å². The zero-order chi connectivity index (χ0) is 14.3. The van der Waals surface area contributed by atoms with Gasteiger partial charge in [0.15, 0.2) is 0 Å². The number of thioether (sulfide) groups is 1. The molecule has 5 heteroatoms. The standard InChI is InChI=1S/C15H18N2O2S/c1-15(2)14(19)17(13(18)8-16-15)9-11-7-10-5-3-4-6-12(10)20-11/h3-6,11,16H,7-9H2,1-2H3. The summed E-state index contributed by atoms with van der Waals surface area (Å²) >= 11 is 1.77. The third-order valence-electron chi connectivity index (χ3n) is 3.86. The highest BCUT2D eigenvalue weighted by molar-refractivity contribution is 8.00. The van der Waals surface area contributed by atoms with Crippen molar-refractivity contribution in [3.05, 3.63) is 29.8 Å². The maximum atomic E-state index is 12.4. The Labute approximate surface area is 122 Å². The van der Waals surface area contributed by atoms with Crippen LogP contribution < -0.4 is 5.32 Å². The number of carbonyl (C=O) groups excluding carboxylic acids is 2. The molecule has 0 bridgehead atoms. The fraction of sp³-hybridized carbons (Fsp3) is 0.467. The van der Waals surface area contributed by atoms with Crippen LogP contribution in [0.25, 0.3) is 0 Å². The number of amides is 2. The van der Waals surface area contributed by atoms with E-state index in [-0.39, 0.29) is 23.6 Å². The molecule has 0 aliphatic carbocycles. The maximum absolute atomic E-state index is 12.4. The molecule has 0 saturated carbocycles. The first-order valence-electron chi connectivity index (χ1n) is 6.82. The Hall–Kier alpha value is -1.33. The van der Waals surface area contributed by atoms with Crippen LogP contribution in [0.3, 0.4) is 0 Å². The third-order valence-corrected chi connectivity index (χ3v) is 5.16. The summed E-state index contributed by atoms with van der Waals surface area (Å²) < 4.78 is 0. The van der Waals surface area contributed by atoms with Crippen molar-refractivity contribution < 1.29 is 9.59 Å². The summed E-state index contributed by atoms with van der Waals surface area (Å²) in [5.74, 6) is -0.240. The van der Waals surface area contributed by atoms with Crippen LogP contribution in [-0.2, 0) is 16.0 Å². The molecule has 2 amide bonds. The van der Waals surface area contributed by atoms with Crippen LogP contribution in [0, 0.1) is 0 Å². The van der Waals surface area contributed by atoms with E-state index in [2.05, 4.69) is 17.4 Å². The van der Waals surface area contributed by atoms with Crippen molar-refractivity contribution in [2.75, 3.05) is 13.1 Å². The summed E-state index contributed by atoms with van der Waals surface area (Å²) in [5, 5.41) is 3.25. The van der Waals surface area contributed by atoms with Gasteiger partial charge < -0.3 is 0 Å². The molecule has 1 unspecified atom stereocenters. The van der Waals surface area contributed by atoms with Gasteiger partial charge in [-0.25, -0.2) is 0 Å². The minimum Gasteiger partial charge on any atom is -0.295 e. The van der Waals surface area contributed by atoms with Crippen molar-refractivity contribution in [1.29, 1.82) is 0 Å². The molecule has 1 aromatic carbocycles. The molecule has 0 aromatic heterocycles. The Morgan fingerprint density at radius 2 is 2.10 bits per heavy atom. The van der Waals surface area contributed by atoms with Gasteiger partial charge in [-0.1, -0.05) is 18.2 Å². The van der Waals surface area contributed by atoms with Gasteiger partial charge in [-0.15, -0.1) is 11.8 Å². The Balaban J connectivity index is 1.72. The van der Waals surface area contributed by atoms with Gasteiger partial charge in [-0.05, 0) is 31.9 Å². The van der Waals surface area contributed by atoms with Crippen LogP contribution in [0.4, 0.5) is 0 Å². The average Bonchev–Trinajstić information content (AvgIpc) is 2.82. The highest BCUT2D eigenvalue weighted by Gasteiger charge is 2.41. The first-order chi connectivity index (χ1) is 9.47. The van der Waals surface area contributed by atoms with Crippen molar-refractivity contribution in [3.8, 4) is 0 Å². The summed E-state index contributed by atoms with van der Waals surface area (Å²) in [5.41, 5.74) is 0.668. The second kappa shape index (κ2) is 4.90. The van der Waals surface area contributed by atoms with Gasteiger partial charge in [-0.2, -0.15) is 0 Å². The highest BCUT2D eigenvalue weighted by atomic mass is 32.2. The monoisotopic (exact) mass is 290 g/mol. The second-order valence-electron chi connectivity index (χ2n) is 5.84. The molecule has 0 spiro atoms. The van der Waals surface area contributed by atoms with E-state index in [0.717, 1.165) is 6.42 Å². The number of fused-ring (bicyclic) bond motifs is 1. The van der Waals surface area contributed by atoms with Gasteiger partial charge in [0.2, 0.25) is 11.8 Å². The molecule has 106 valence electrons. The SMILES string of the molecule is CC1(C)NCC(=O)N(CC2Cc3ccccc3S2)C1=O. The molecule has 0 radical (unpaired) electrons. The van der Waals surface area contributed by atoms with Crippen molar-refractivity contribution in [3.63, 3.8) is 0 Å². The van der Waals surface area contributed by atoms with Crippen molar-refractivity contribution in [2.24, 2.45) is 0 Å². The number of hydrogen-bond acceptors (Lipinski definition) is 4. The normalized spacial score (nSPS) is 24.9. The number of rotatable bonds is 2. The van der Waals surface area contributed by atoms with E-state index >= 15 is 0 Å². The molecule has 1 fully saturated rings. The van der Waals surface area contributed by atoms with Crippen LogP contribution in [0.2, 0.25) is 0 Å². The van der Waals surface area contributed by atoms with Gasteiger partial charge in [0, 0.05) is 16.7 Å². The molecule has 4 nitrogen and oxygen atoms in total. The number of imide groups is 1. The minimum atomic E-state index is -0.649. The topological polar surface area (TPSA) is 49.4 Å². The lowest BCUT2D eigenvalue weighted by Crippen LogP contribution is -2.64. The number of carbonyl (C=O) groups is 2. The maximum Gasteiger partial charge on any atom is 0.248 e. The third kappa shape index (κ3) is 2.36. The van der Waals surface area contributed by atoms with E-state index < -0.39 is 5.54 Å². The number of benzene rings is 1. The van der Waals surface area contributed by atoms with Crippen molar-refractivity contribution in [1.82, 2.24) is 10.2 Å². The van der Waals surface area contributed by atoms with Crippen molar-refractivity contribution in [2.45, 2.75) is 36.0 Å². The van der Waals surface area contributed by atoms with Gasteiger partial charge in [0.25, 0.3) is 0 Å². The lowest BCUT2D eigenvalue weighted by atomic mass is 10.00. The van der Waals surface area contributed by atoms with Crippen LogP contribution in [0.15, 0.2) is 29.2 Å². The van der Waals surface area contributed by atoms with Gasteiger partial charge in [0.1, 0.15) is 0 Å². The molecule has 2 aliphatic rings. The molecule has 1 atom stereocenters. The van der Waals surface area contributed by atoms with Gasteiger partial charge >= 0.3 is 0 Å². The van der Waals surface area contributed by atoms with E-state index in [4.69, 9.17) is 0 Å². The second-order valence-corrected chi connectivity index (χ2v) is 7.18. The number of nitrogens with one attached hydrogen (secondary N) is 1. The molecule has 2 aliphatic heterocycles. The van der Waals surface area contributed by atoms with E-state index in [1.807, 2.05) is 26.0 Å². The summed E-state index contributed by atoms with van der Waals surface area (Å²) in [6.45, 7) is 4.39. The summed E-state index contributed by atoms with van der Waals surface area (Å²) in [6, 6.07) is 8.28. The summed E-state index contributed by atoms with van der Waals surface area (Å²) in [6.07, 6.45) is 0.922. The molecule has 1 N–H and O–H groups in total. The first kappa shape index (κ1) is 13.6. The molecule has 20 heavy (non-hydrogen) atoms. The fourth-order valence-corrected chi connectivity index (χ4v) is 3.97. The quantitative estimate of drug-likeness (QED) is 0.837. The number of hydrogen-bond donors (Lipinski definition) is 1. The lowest BCUT2D eigenvalue weighted by molar-refractivity contribution is -0.152. The molecule has 1 saturated heterocycles. The average molecular weight is 290 g/mol. The Morgan fingerprint density at radius 3 is 2.85 bits per heavy atom. The zero-order valence-electron chi connectivity index (χ0n) is 11.7.